The molecule has 0 aliphatic carbocycles. The second-order valence-corrected chi connectivity index (χ2v) is 8.46. The summed E-state index contributed by atoms with van der Waals surface area (Å²) in [6.07, 6.45) is 1.98. The van der Waals surface area contributed by atoms with Gasteiger partial charge in [0.2, 0.25) is 5.88 Å². The summed E-state index contributed by atoms with van der Waals surface area (Å²) < 4.78 is 28.5. The van der Waals surface area contributed by atoms with Crippen molar-refractivity contribution >= 4 is 21.6 Å². The molecule has 0 saturated carbocycles. The maximum absolute atomic E-state index is 12.0. The van der Waals surface area contributed by atoms with Gasteiger partial charge in [-0.05, 0) is 30.5 Å². The van der Waals surface area contributed by atoms with Crippen LogP contribution in [0, 0.1) is 17.2 Å². The van der Waals surface area contributed by atoms with E-state index in [0.717, 1.165) is 0 Å². The Kier molecular flexibility index (Phi) is 5.57. The van der Waals surface area contributed by atoms with Gasteiger partial charge in [0.1, 0.15) is 11.8 Å². The van der Waals surface area contributed by atoms with Crippen LogP contribution in [-0.4, -0.2) is 37.5 Å². The fourth-order valence-electron chi connectivity index (χ4n) is 2.71. The molecule has 1 unspecified atom stereocenters. The predicted molar refractivity (Wildman–Crippen MR) is 99.3 cm³/mol. The Bertz CT molecular complexity index is 968. The Morgan fingerprint density at radius 2 is 2.19 bits per heavy atom. The Labute approximate surface area is 157 Å². The number of nitrogens with one attached hydrogen (secondary N) is 2. The Morgan fingerprint density at radius 1 is 1.33 bits per heavy atom. The molecule has 9 heteroatoms. The standard InChI is InChI=1S/C18H18N4O4S/c19-9-13-4-5-17(20-10-13)26-16-3-1-2-15(8-16)22-18(23)21-11-14-6-7-27(24,25)12-14/h1-5,8,10,14H,6-7,11-12H2,(H2,21,22,23). The van der Waals surface area contributed by atoms with Crippen LogP contribution in [0.3, 0.4) is 0 Å². The van der Waals surface area contributed by atoms with Crippen molar-refractivity contribution in [2.24, 2.45) is 5.92 Å². The first kappa shape index (κ1) is 18.7. The van der Waals surface area contributed by atoms with E-state index in [4.69, 9.17) is 10.00 Å². The number of carbonyl (C=O) groups is 1. The topological polar surface area (TPSA) is 121 Å². The minimum absolute atomic E-state index is 0.0436. The highest BCUT2D eigenvalue weighted by Crippen LogP contribution is 2.23. The number of rotatable bonds is 5. The monoisotopic (exact) mass is 386 g/mol. The van der Waals surface area contributed by atoms with Crippen LogP contribution < -0.4 is 15.4 Å². The molecule has 3 rings (SSSR count). The molecule has 1 aromatic carbocycles. The first-order valence-corrected chi connectivity index (χ1v) is 10.1. The van der Waals surface area contributed by atoms with Gasteiger partial charge in [-0.25, -0.2) is 18.2 Å². The van der Waals surface area contributed by atoms with Crippen molar-refractivity contribution in [1.82, 2.24) is 10.3 Å². The lowest BCUT2D eigenvalue weighted by Crippen LogP contribution is -2.33. The third-order valence-electron chi connectivity index (χ3n) is 4.06. The number of pyridine rings is 1. The first-order chi connectivity index (χ1) is 12.9. The minimum atomic E-state index is -2.95. The van der Waals surface area contributed by atoms with Gasteiger partial charge in [-0.1, -0.05) is 6.07 Å². The second-order valence-electron chi connectivity index (χ2n) is 6.23. The molecule has 8 nitrogen and oxygen atoms in total. The number of anilines is 1. The van der Waals surface area contributed by atoms with Gasteiger partial charge < -0.3 is 15.4 Å². The van der Waals surface area contributed by atoms with Gasteiger partial charge in [-0.15, -0.1) is 0 Å². The van der Waals surface area contributed by atoms with E-state index in [-0.39, 0.29) is 17.4 Å². The summed E-state index contributed by atoms with van der Waals surface area (Å²) in [6, 6.07) is 11.5. The highest BCUT2D eigenvalue weighted by atomic mass is 32.2. The van der Waals surface area contributed by atoms with Crippen LogP contribution in [0.25, 0.3) is 0 Å². The summed E-state index contributed by atoms with van der Waals surface area (Å²) in [4.78, 5) is 16.0. The van der Waals surface area contributed by atoms with E-state index in [1.807, 2.05) is 6.07 Å². The fourth-order valence-corrected chi connectivity index (χ4v) is 4.57. The number of nitrogens with zero attached hydrogens (tertiary/aromatic N) is 2. The van der Waals surface area contributed by atoms with Crippen LogP contribution in [0.2, 0.25) is 0 Å². The minimum Gasteiger partial charge on any atom is -0.439 e. The van der Waals surface area contributed by atoms with Crippen LogP contribution in [0.15, 0.2) is 42.6 Å². The van der Waals surface area contributed by atoms with E-state index in [2.05, 4.69) is 15.6 Å². The summed E-state index contributed by atoms with van der Waals surface area (Å²) >= 11 is 0. The number of sulfone groups is 1. The molecule has 0 spiro atoms. The number of amides is 2. The number of hydrogen-bond acceptors (Lipinski definition) is 6. The van der Waals surface area contributed by atoms with E-state index >= 15 is 0 Å². The number of aromatic nitrogens is 1. The number of ether oxygens (including phenoxy) is 1. The molecule has 1 aliphatic rings. The third kappa shape index (κ3) is 5.43. The van der Waals surface area contributed by atoms with Gasteiger partial charge in [-0.3, -0.25) is 0 Å². The lowest BCUT2D eigenvalue weighted by atomic mass is 10.1. The van der Waals surface area contributed by atoms with Gasteiger partial charge in [0.15, 0.2) is 9.84 Å². The lowest BCUT2D eigenvalue weighted by Gasteiger charge is -2.12. The molecular formula is C18H18N4O4S. The Hall–Kier alpha value is -3.12. The summed E-state index contributed by atoms with van der Waals surface area (Å²) in [7, 11) is -2.95. The molecule has 1 atom stereocenters. The summed E-state index contributed by atoms with van der Waals surface area (Å²) in [5.41, 5.74) is 0.960. The zero-order chi connectivity index (χ0) is 19.3. The Morgan fingerprint density at radius 3 is 2.85 bits per heavy atom. The summed E-state index contributed by atoms with van der Waals surface area (Å²) in [6.45, 7) is 0.316. The second kappa shape index (κ2) is 8.05. The highest BCUT2D eigenvalue weighted by Gasteiger charge is 2.27. The average molecular weight is 386 g/mol. The molecule has 1 saturated heterocycles. The molecular weight excluding hydrogens is 368 g/mol. The van der Waals surface area contributed by atoms with Crippen molar-refractivity contribution in [3.8, 4) is 17.7 Å². The predicted octanol–water partition coefficient (Wildman–Crippen LogP) is 2.30. The molecule has 2 heterocycles. The van der Waals surface area contributed by atoms with Crippen LogP contribution in [-0.2, 0) is 9.84 Å². The molecule has 1 aromatic heterocycles. The quantitative estimate of drug-likeness (QED) is 0.813. The maximum Gasteiger partial charge on any atom is 0.319 e. The van der Waals surface area contributed by atoms with Crippen LogP contribution in [0.1, 0.15) is 12.0 Å². The molecule has 2 amide bonds. The molecule has 1 aliphatic heterocycles. The molecule has 1 fully saturated rings. The summed E-state index contributed by atoms with van der Waals surface area (Å²) in [5.74, 6) is 1.07. The number of benzene rings is 1. The lowest BCUT2D eigenvalue weighted by molar-refractivity contribution is 0.250. The van der Waals surface area contributed by atoms with Gasteiger partial charge in [0, 0.05) is 30.6 Å². The number of nitriles is 1. The van der Waals surface area contributed by atoms with E-state index in [0.29, 0.717) is 35.8 Å². The van der Waals surface area contributed by atoms with Crippen molar-refractivity contribution in [3.05, 3.63) is 48.2 Å². The third-order valence-corrected chi connectivity index (χ3v) is 5.89. The SMILES string of the molecule is N#Cc1ccc(Oc2cccc(NC(=O)NCC3CCS(=O)(=O)C3)c2)nc1. The van der Waals surface area contributed by atoms with Crippen molar-refractivity contribution in [1.29, 1.82) is 5.26 Å². The number of carbonyl (C=O) groups excluding carboxylic acids is 1. The van der Waals surface area contributed by atoms with Crippen LogP contribution in [0.4, 0.5) is 10.5 Å². The van der Waals surface area contributed by atoms with Gasteiger partial charge >= 0.3 is 6.03 Å². The van der Waals surface area contributed by atoms with E-state index in [9.17, 15) is 13.2 Å². The fraction of sp³-hybridized carbons (Fsp3) is 0.278. The largest absolute Gasteiger partial charge is 0.439 e. The van der Waals surface area contributed by atoms with Crippen molar-refractivity contribution in [2.75, 3.05) is 23.4 Å². The van der Waals surface area contributed by atoms with Gasteiger partial charge in [0.25, 0.3) is 0 Å². The smallest absolute Gasteiger partial charge is 0.319 e. The first-order valence-electron chi connectivity index (χ1n) is 8.33. The van der Waals surface area contributed by atoms with Gasteiger partial charge in [-0.2, -0.15) is 5.26 Å². The highest BCUT2D eigenvalue weighted by molar-refractivity contribution is 7.91. The normalized spacial score (nSPS) is 17.7. The summed E-state index contributed by atoms with van der Waals surface area (Å²) in [5, 5.41) is 14.2. The zero-order valence-electron chi connectivity index (χ0n) is 14.4. The van der Waals surface area contributed by atoms with E-state index in [1.54, 1.807) is 36.4 Å². The molecule has 0 bridgehead atoms. The number of hydrogen-bond donors (Lipinski definition) is 2. The van der Waals surface area contributed by atoms with E-state index < -0.39 is 15.9 Å². The van der Waals surface area contributed by atoms with Crippen molar-refractivity contribution in [3.63, 3.8) is 0 Å². The molecule has 2 aromatic rings. The van der Waals surface area contributed by atoms with Gasteiger partial charge in [0.05, 0.1) is 17.1 Å². The van der Waals surface area contributed by atoms with Crippen molar-refractivity contribution in [2.45, 2.75) is 6.42 Å². The van der Waals surface area contributed by atoms with Crippen molar-refractivity contribution < 1.29 is 17.9 Å². The molecule has 27 heavy (non-hydrogen) atoms. The average Bonchev–Trinajstić information content (AvgIpc) is 3.00. The van der Waals surface area contributed by atoms with Crippen LogP contribution in [0.5, 0.6) is 11.6 Å². The maximum atomic E-state index is 12.0. The molecule has 0 radical (unpaired) electrons. The zero-order valence-corrected chi connectivity index (χ0v) is 15.2. The van der Waals surface area contributed by atoms with Crippen LogP contribution >= 0.6 is 0 Å². The molecule has 140 valence electrons. The Balaban J connectivity index is 1.53. The number of urea groups is 1. The van der Waals surface area contributed by atoms with E-state index in [1.165, 1.54) is 6.20 Å². The molecule has 2 N–H and O–H groups in total.